The van der Waals surface area contributed by atoms with Gasteiger partial charge in [-0.1, -0.05) is 76.7 Å². The summed E-state index contributed by atoms with van der Waals surface area (Å²) in [6, 6.07) is -0.809. The first-order valence-corrected chi connectivity index (χ1v) is 14.1. The molecule has 0 spiro atoms. The molecule has 0 aromatic heterocycles. The SMILES string of the molecule is CCCCCC/C=C/CC/C=C/C(O)C(COC1OC(CO)C(O)C(O)C1O)NC(=O)CCCCCC. The maximum atomic E-state index is 12.5. The van der Waals surface area contributed by atoms with Crippen LogP contribution in [-0.2, 0) is 14.3 Å². The van der Waals surface area contributed by atoms with Crippen LogP contribution >= 0.6 is 0 Å². The van der Waals surface area contributed by atoms with Crippen LogP contribution in [0.2, 0.25) is 0 Å². The van der Waals surface area contributed by atoms with Gasteiger partial charge in [0.1, 0.15) is 24.4 Å². The quantitative estimate of drug-likeness (QED) is 0.104. The van der Waals surface area contributed by atoms with Crippen LogP contribution < -0.4 is 5.32 Å². The third kappa shape index (κ3) is 13.9. The number of aliphatic hydroxyl groups excluding tert-OH is 5. The number of carbonyl (C=O) groups is 1. The maximum Gasteiger partial charge on any atom is 0.220 e. The van der Waals surface area contributed by atoms with Gasteiger partial charge in [0.25, 0.3) is 0 Å². The highest BCUT2D eigenvalue weighted by atomic mass is 16.7. The van der Waals surface area contributed by atoms with Gasteiger partial charge in [0.05, 0.1) is 25.4 Å². The van der Waals surface area contributed by atoms with Crippen LogP contribution in [0.5, 0.6) is 0 Å². The molecular formula is C28H51NO8. The summed E-state index contributed by atoms with van der Waals surface area (Å²) < 4.78 is 11.0. The Balaban J connectivity index is 2.64. The highest BCUT2D eigenvalue weighted by molar-refractivity contribution is 5.76. The molecule has 1 fully saturated rings. The number of amides is 1. The van der Waals surface area contributed by atoms with E-state index in [1.807, 2.05) is 6.08 Å². The Labute approximate surface area is 222 Å². The van der Waals surface area contributed by atoms with Gasteiger partial charge in [0, 0.05) is 6.42 Å². The fourth-order valence-electron chi connectivity index (χ4n) is 4.11. The van der Waals surface area contributed by atoms with Crippen LogP contribution in [-0.4, -0.2) is 87.5 Å². The Morgan fingerprint density at radius 3 is 2.22 bits per heavy atom. The summed E-state index contributed by atoms with van der Waals surface area (Å²) in [6.45, 7) is 3.52. The first kappa shape index (κ1) is 33.7. The van der Waals surface area contributed by atoms with Gasteiger partial charge < -0.3 is 40.3 Å². The zero-order valence-electron chi connectivity index (χ0n) is 22.7. The van der Waals surface area contributed by atoms with Gasteiger partial charge in [0.2, 0.25) is 5.91 Å². The van der Waals surface area contributed by atoms with Crippen molar-refractivity contribution in [1.82, 2.24) is 5.32 Å². The van der Waals surface area contributed by atoms with Crippen molar-refractivity contribution >= 4 is 5.91 Å². The van der Waals surface area contributed by atoms with Crippen LogP contribution in [0, 0.1) is 0 Å². The molecule has 7 atom stereocenters. The van der Waals surface area contributed by atoms with E-state index in [9.17, 15) is 30.3 Å². The average molecular weight is 530 g/mol. The predicted octanol–water partition coefficient (Wildman–Crippen LogP) is 2.48. The minimum Gasteiger partial charge on any atom is -0.394 e. The van der Waals surface area contributed by atoms with E-state index in [1.165, 1.54) is 25.7 Å². The molecule has 0 aromatic carbocycles. The summed E-state index contributed by atoms with van der Waals surface area (Å²) in [6.07, 6.45) is 11.5. The van der Waals surface area contributed by atoms with Gasteiger partial charge in [-0.25, -0.2) is 0 Å². The zero-order chi connectivity index (χ0) is 27.5. The normalized spacial score (nSPS) is 26.1. The summed E-state index contributed by atoms with van der Waals surface area (Å²) >= 11 is 0. The van der Waals surface area contributed by atoms with Crippen molar-refractivity contribution in [2.24, 2.45) is 0 Å². The van der Waals surface area contributed by atoms with Gasteiger partial charge in [0.15, 0.2) is 6.29 Å². The molecule has 0 bridgehead atoms. The number of nitrogens with one attached hydrogen (secondary N) is 1. The number of ether oxygens (including phenoxy) is 2. The van der Waals surface area contributed by atoms with E-state index in [1.54, 1.807) is 6.08 Å². The maximum absolute atomic E-state index is 12.5. The van der Waals surface area contributed by atoms with E-state index >= 15 is 0 Å². The molecule has 1 rings (SSSR count). The number of hydrogen-bond donors (Lipinski definition) is 6. The Bertz CT molecular complexity index is 642. The van der Waals surface area contributed by atoms with Crippen LogP contribution in [0.15, 0.2) is 24.3 Å². The summed E-state index contributed by atoms with van der Waals surface area (Å²) in [5, 5.41) is 53.1. The molecule has 9 nitrogen and oxygen atoms in total. The van der Waals surface area contributed by atoms with Crippen molar-refractivity contribution in [2.75, 3.05) is 13.2 Å². The largest absolute Gasteiger partial charge is 0.394 e. The van der Waals surface area contributed by atoms with Crippen molar-refractivity contribution in [2.45, 2.75) is 134 Å². The Hall–Kier alpha value is -1.33. The molecule has 0 aromatic rings. The van der Waals surface area contributed by atoms with Crippen molar-refractivity contribution in [3.8, 4) is 0 Å². The molecule has 7 unspecified atom stereocenters. The minimum absolute atomic E-state index is 0.202. The van der Waals surface area contributed by atoms with Crippen LogP contribution in [0.3, 0.4) is 0 Å². The summed E-state index contributed by atoms with van der Waals surface area (Å²) in [5.41, 5.74) is 0. The van der Waals surface area contributed by atoms with Crippen molar-refractivity contribution < 1.29 is 39.8 Å². The van der Waals surface area contributed by atoms with E-state index in [0.29, 0.717) is 6.42 Å². The lowest BCUT2D eigenvalue weighted by molar-refractivity contribution is -0.302. The summed E-state index contributed by atoms with van der Waals surface area (Å²) in [4.78, 5) is 12.5. The third-order valence-electron chi connectivity index (χ3n) is 6.53. The van der Waals surface area contributed by atoms with Crippen LogP contribution in [0.4, 0.5) is 0 Å². The highest BCUT2D eigenvalue weighted by Crippen LogP contribution is 2.22. The molecule has 1 amide bonds. The van der Waals surface area contributed by atoms with Gasteiger partial charge in [-0.15, -0.1) is 0 Å². The first-order valence-electron chi connectivity index (χ1n) is 14.1. The zero-order valence-corrected chi connectivity index (χ0v) is 22.7. The highest BCUT2D eigenvalue weighted by Gasteiger charge is 2.44. The Morgan fingerprint density at radius 1 is 0.892 bits per heavy atom. The molecule has 37 heavy (non-hydrogen) atoms. The molecule has 216 valence electrons. The molecule has 1 aliphatic heterocycles. The minimum atomic E-state index is -1.56. The fraction of sp³-hybridized carbons (Fsp3) is 0.821. The number of carbonyl (C=O) groups excluding carboxylic acids is 1. The van der Waals surface area contributed by atoms with Gasteiger partial charge in [-0.3, -0.25) is 4.79 Å². The molecule has 0 radical (unpaired) electrons. The van der Waals surface area contributed by atoms with E-state index in [0.717, 1.165) is 44.9 Å². The van der Waals surface area contributed by atoms with E-state index in [2.05, 4.69) is 31.3 Å². The molecule has 1 aliphatic rings. The monoisotopic (exact) mass is 529 g/mol. The lowest BCUT2D eigenvalue weighted by Crippen LogP contribution is -2.60. The molecule has 1 heterocycles. The van der Waals surface area contributed by atoms with Crippen molar-refractivity contribution in [1.29, 1.82) is 0 Å². The summed E-state index contributed by atoms with van der Waals surface area (Å²) in [5.74, 6) is -0.211. The summed E-state index contributed by atoms with van der Waals surface area (Å²) in [7, 11) is 0. The molecule has 9 heteroatoms. The smallest absolute Gasteiger partial charge is 0.220 e. The van der Waals surface area contributed by atoms with Crippen molar-refractivity contribution in [3.63, 3.8) is 0 Å². The van der Waals surface area contributed by atoms with Gasteiger partial charge in [-0.05, 0) is 32.1 Å². The number of unbranched alkanes of at least 4 members (excludes halogenated alkanes) is 8. The average Bonchev–Trinajstić information content (AvgIpc) is 2.89. The lowest BCUT2D eigenvalue weighted by Gasteiger charge is -2.40. The second-order valence-electron chi connectivity index (χ2n) is 9.83. The number of aliphatic hydroxyl groups is 5. The molecule has 0 aliphatic carbocycles. The van der Waals surface area contributed by atoms with Crippen LogP contribution in [0.25, 0.3) is 0 Å². The van der Waals surface area contributed by atoms with E-state index in [4.69, 9.17) is 9.47 Å². The number of hydrogen-bond acceptors (Lipinski definition) is 8. The molecule has 1 saturated heterocycles. The molecule has 6 N–H and O–H groups in total. The molecule has 0 saturated carbocycles. The predicted molar refractivity (Wildman–Crippen MR) is 143 cm³/mol. The Morgan fingerprint density at radius 2 is 1.54 bits per heavy atom. The van der Waals surface area contributed by atoms with Gasteiger partial charge in [-0.2, -0.15) is 0 Å². The molecular weight excluding hydrogens is 478 g/mol. The topological polar surface area (TPSA) is 149 Å². The first-order chi connectivity index (χ1) is 17.8. The third-order valence-corrected chi connectivity index (χ3v) is 6.53. The van der Waals surface area contributed by atoms with Crippen molar-refractivity contribution in [3.05, 3.63) is 24.3 Å². The Kier molecular flexibility index (Phi) is 18.8. The number of rotatable bonds is 20. The van der Waals surface area contributed by atoms with Gasteiger partial charge >= 0.3 is 0 Å². The van der Waals surface area contributed by atoms with E-state index < -0.39 is 49.5 Å². The lowest BCUT2D eigenvalue weighted by atomic mass is 9.99. The number of allylic oxidation sites excluding steroid dienone is 3. The second kappa shape index (κ2) is 20.6. The second-order valence-corrected chi connectivity index (χ2v) is 9.83. The standard InChI is InChI=1S/C28H51NO8/c1-3-5-7-9-10-11-12-13-14-15-17-22(31)21(29-24(32)18-16-8-6-4-2)20-36-28-27(35)26(34)25(33)23(19-30)37-28/h11-12,15,17,21-23,25-28,30-31,33-35H,3-10,13-14,16,18-20H2,1-2H3,(H,29,32)/b12-11+,17-15+. The van der Waals surface area contributed by atoms with E-state index in [-0.39, 0.29) is 12.5 Å². The van der Waals surface area contributed by atoms with Crippen LogP contribution in [0.1, 0.15) is 90.9 Å². The fourth-order valence-corrected chi connectivity index (χ4v) is 4.11.